The third-order valence-electron chi connectivity index (χ3n) is 6.08. The molecule has 0 aromatic heterocycles. The average molecular weight is 380 g/mol. The molecule has 1 saturated heterocycles. The first-order valence-electron chi connectivity index (χ1n) is 9.96. The number of carbonyl (C=O) groups excluding carboxylic acids is 2. The summed E-state index contributed by atoms with van der Waals surface area (Å²) in [6.07, 6.45) is 1.85. The lowest BCUT2D eigenvalue weighted by Gasteiger charge is -2.36. The number of nitrogens with zero attached hydrogens (tertiary/aromatic N) is 1. The van der Waals surface area contributed by atoms with Crippen molar-refractivity contribution in [2.75, 3.05) is 18.4 Å². The molecule has 28 heavy (non-hydrogen) atoms. The highest BCUT2D eigenvalue weighted by Gasteiger charge is 2.39. The molecule has 0 radical (unpaired) electrons. The van der Waals surface area contributed by atoms with Crippen molar-refractivity contribution < 1.29 is 14.0 Å². The predicted molar refractivity (Wildman–Crippen MR) is 107 cm³/mol. The van der Waals surface area contributed by atoms with Gasteiger partial charge in [0.25, 0.3) is 0 Å². The van der Waals surface area contributed by atoms with Gasteiger partial charge in [0, 0.05) is 36.3 Å². The second kappa shape index (κ2) is 7.38. The van der Waals surface area contributed by atoms with Gasteiger partial charge in [0.15, 0.2) is 5.78 Å². The summed E-state index contributed by atoms with van der Waals surface area (Å²) in [5.41, 5.74) is 4.11. The number of rotatable bonds is 4. The zero-order valence-corrected chi connectivity index (χ0v) is 16.2. The second-order valence-corrected chi connectivity index (χ2v) is 7.80. The maximum absolute atomic E-state index is 13.1. The third-order valence-corrected chi connectivity index (χ3v) is 6.08. The Bertz CT molecular complexity index is 909. The molecule has 146 valence electrons. The number of fused-ring (bicyclic) bond motifs is 3. The smallest absolute Gasteiger partial charge is 0.233 e. The molecule has 2 aliphatic heterocycles. The third kappa shape index (κ3) is 3.30. The second-order valence-electron chi connectivity index (χ2n) is 7.80. The summed E-state index contributed by atoms with van der Waals surface area (Å²) >= 11 is 0. The number of halogens is 1. The van der Waals surface area contributed by atoms with Crippen molar-refractivity contribution in [3.8, 4) is 0 Å². The molecular weight excluding hydrogens is 355 g/mol. The van der Waals surface area contributed by atoms with Crippen LogP contribution in [0.1, 0.15) is 47.7 Å². The van der Waals surface area contributed by atoms with E-state index in [1.54, 1.807) is 6.92 Å². The number of hydrogen-bond acceptors (Lipinski definition) is 3. The van der Waals surface area contributed by atoms with E-state index in [0.717, 1.165) is 18.5 Å². The van der Waals surface area contributed by atoms with Crippen LogP contribution in [0.2, 0.25) is 0 Å². The van der Waals surface area contributed by atoms with Crippen molar-refractivity contribution in [1.82, 2.24) is 4.90 Å². The molecule has 5 heteroatoms. The van der Waals surface area contributed by atoms with Crippen molar-refractivity contribution in [3.05, 3.63) is 65.0 Å². The van der Waals surface area contributed by atoms with E-state index in [4.69, 9.17) is 0 Å². The van der Waals surface area contributed by atoms with Crippen molar-refractivity contribution in [2.45, 2.75) is 38.6 Å². The molecule has 1 N–H and O–H groups in total. The lowest BCUT2D eigenvalue weighted by atomic mass is 9.87. The van der Waals surface area contributed by atoms with E-state index in [0.29, 0.717) is 24.7 Å². The number of carbonyl (C=O) groups is 2. The minimum absolute atomic E-state index is 0.145. The number of likely N-dealkylation sites (tertiary alicyclic amines) is 1. The van der Waals surface area contributed by atoms with Crippen LogP contribution in [0.15, 0.2) is 42.5 Å². The largest absolute Gasteiger partial charge is 0.381 e. The first-order chi connectivity index (χ1) is 13.5. The number of nitrogens with one attached hydrogen (secondary N) is 1. The Morgan fingerprint density at radius 3 is 2.68 bits per heavy atom. The highest BCUT2D eigenvalue weighted by molar-refractivity contribution is 6.09. The highest BCUT2D eigenvalue weighted by Crippen LogP contribution is 2.41. The van der Waals surface area contributed by atoms with Gasteiger partial charge in [-0.3, -0.25) is 9.59 Å². The molecule has 2 aromatic carbocycles. The molecule has 3 atom stereocenters. The summed E-state index contributed by atoms with van der Waals surface area (Å²) in [7, 11) is 0. The molecule has 2 aromatic rings. The van der Waals surface area contributed by atoms with Crippen LogP contribution in [0, 0.1) is 11.7 Å². The molecule has 0 spiro atoms. The van der Waals surface area contributed by atoms with Gasteiger partial charge in [0.2, 0.25) is 5.91 Å². The summed E-state index contributed by atoms with van der Waals surface area (Å²) in [6, 6.07) is 12.3. The summed E-state index contributed by atoms with van der Waals surface area (Å²) in [5, 5.41) is 3.59. The summed E-state index contributed by atoms with van der Waals surface area (Å²) in [6.45, 7) is 5.05. The van der Waals surface area contributed by atoms with Crippen LogP contribution in [0.4, 0.5) is 10.1 Å². The van der Waals surface area contributed by atoms with Gasteiger partial charge < -0.3 is 10.2 Å². The summed E-state index contributed by atoms with van der Waals surface area (Å²) in [5.74, 6) is -1.31. The standard InChI is InChI=1S/C23H25FN2O2/c1-3-15-4-9-20-18(12-15)19-13-26(11-10-21(19)25-20)23(28)14(2)22(27)16-5-7-17(24)8-6-16/h4-9,12,14,19,21,25H,3,10-11,13H2,1-2H3. The van der Waals surface area contributed by atoms with Crippen LogP contribution in [0.3, 0.4) is 0 Å². The Hall–Kier alpha value is -2.69. The SMILES string of the molecule is CCc1ccc2c(c1)C1CN(C(=O)C(C)C(=O)c3ccc(F)cc3)CCC1N2. The van der Waals surface area contributed by atoms with E-state index in [9.17, 15) is 14.0 Å². The van der Waals surface area contributed by atoms with E-state index in [2.05, 4.69) is 30.4 Å². The van der Waals surface area contributed by atoms with Crippen LogP contribution in [-0.2, 0) is 11.2 Å². The van der Waals surface area contributed by atoms with Crippen LogP contribution < -0.4 is 5.32 Å². The van der Waals surface area contributed by atoms with Crippen LogP contribution in [-0.4, -0.2) is 35.7 Å². The first kappa shape index (κ1) is 18.7. The van der Waals surface area contributed by atoms with Gasteiger partial charge in [0.1, 0.15) is 5.82 Å². The highest BCUT2D eigenvalue weighted by atomic mass is 19.1. The first-order valence-corrected chi connectivity index (χ1v) is 9.96. The van der Waals surface area contributed by atoms with Gasteiger partial charge in [-0.15, -0.1) is 0 Å². The number of hydrogen-bond donors (Lipinski definition) is 1. The quantitative estimate of drug-likeness (QED) is 0.644. The number of ketones is 1. The fraction of sp³-hybridized carbons (Fsp3) is 0.391. The zero-order valence-electron chi connectivity index (χ0n) is 16.2. The lowest BCUT2D eigenvalue weighted by molar-refractivity contribution is -0.134. The molecule has 0 bridgehead atoms. The minimum Gasteiger partial charge on any atom is -0.381 e. The fourth-order valence-electron chi connectivity index (χ4n) is 4.36. The molecule has 0 aliphatic carbocycles. The zero-order chi connectivity index (χ0) is 19.8. The van der Waals surface area contributed by atoms with Crippen molar-refractivity contribution in [2.24, 2.45) is 5.92 Å². The minimum atomic E-state index is -0.766. The molecular formula is C23H25FN2O2. The Morgan fingerprint density at radius 1 is 1.21 bits per heavy atom. The molecule has 1 amide bonds. The van der Waals surface area contributed by atoms with Gasteiger partial charge in [-0.05, 0) is 61.2 Å². The number of aryl methyl sites for hydroxylation is 1. The Kier molecular flexibility index (Phi) is 4.92. The van der Waals surface area contributed by atoms with Crippen LogP contribution >= 0.6 is 0 Å². The Balaban J connectivity index is 1.50. The van der Waals surface area contributed by atoms with E-state index in [-0.39, 0.29) is 17.6 Å². The average Bonchev–Trinajstić information content (AvgIpc) is 3.09. The van der Waals surface area contributed by atoms with E-state index >= 15 is 0 Å². The number of benzene rings is 2. The molecule has 2 aliphatic rings. The van der Waals surface area contributed by atoms with Crippen molar-refractivity contribution >= 4 is 17.4 Å². The monoisotopic (exact) mass is 380 g/mol. The number of Topliss-reactive ketones (excluding diaryl/α,β-unsaturated/α-hetero) is 1. The van der Waals surface area contributed by atoms with E-state index in [1.807, 2.05) is 4.90 Å². The molecule has 4 rings (SSSR count). The maximum atomic E-state index is 13.1. The molecule has 1 fully saturated rings. The summed E-state index contributed by atoms with van der Waals surface area (Å²) < 4.78 is 13.1. The fourth-order valence-corrected chi connectivity index (χ4v) is 4.36. The van der Waals surface area contributed by atoms with Gasteiger partial charge in [-0.2, -0.15) is 0 Å². The van der Waals surface area contributed by atoms with Crippen molar-refractivity contribution in [1.29, 1.82) is 0 Å². The normalized spacial score (nSPS) is 21.5. The molecule has 0 saturated carbocycles. The molecule has 2 heterocycles. The number of amides is 1. The number of anilines is 1. The lowest BCUT2D eigenvalue weighted by Crippen LogP contribution is -2.47. The van der Waals surface area contributed by atoms with Gasteiger partial charge in [-0.25, -0.2) is 4.39 Å². The van der Waals surface area contributed by atoms with Crippen LogP contribution in [0.5, 0.6) is 0 Å². The van der Waals surface area contributed by atoms with Crippen molar-refractivity contribution in [3.63, 3.8) is 0 Å². The van der Waals surface area contributed by atoms with Gasteiger partial charge in [0.05, 0.1) is 5.92 Å². The molecule has 3 unspecified atom stereocenters. The van der Waals surface area contributed by atoms with Gasteiger partial charge in [-0.1, -0.05) is 19.1 Å². The predicted octanol–water partition coefficient (Wildman–Crippen LogP) is 4.02. The van der Waals surface area contributed by atoms with Gasteiger partial charge >= 0.3 is 0 Å². The molecule has 4 nitrogen and oxygen atoms in total. The van der Waals surface area contributed by atoms with E-state index in [1.165, 1.54) is 35.4 Å². The Labute approximate surface area is 164 Å². The summed E-state index contributed by atoms with van der Waals surface area (Å²) in [4.78, 5) is 27.5. The van der Waals surface area contributed by atoms with Crippen LogP contribution in [0.25, 0.3) is 0 Å². The topological polar surface area (TPSA) is 49.4 Å². The van der Waals surface area contributed by atoms with E-state index < -0.39 is 11.7 Å². The Morgan fingerprint density at radius 2 is 1.96 bits per heavy atom. The number of piperidine rings is 1. The maximum Gasteiger partial charge on any atom is 0.233 e.